The van der Waals surface area contributed by atoms with E-state index >= 15 is 0 Å². The molecule has 0 amide bonds. The Morgan fingerprint density at radius 1 is 1.26 bits per heavy atom. The molecule has 1 aromatic heterocycles. The molecular formula is C15H18N4. The molecule has 0 spiro atoms. The number of rotatable bonds is 2. The standard InChI is InChI=1S/C15H18N4/c1-15(2)10-19(9-11-6-4-3-5-7-11)12-8-17-18-14(16)13(12)15/h3-8H,9-10H2,1-2H3,(H2,16,18). The summed E-state index contributed by atoms with van der Waals surface area (Å²) >= 11 is 0. The van der Waals surface area contributed by atoms with E-state index in [9.17, 15) is 0 Å². The molecule has 4 nitrogen and oxygen atoms in total. The third kappa shape index (κ3) is 2.03. The maximum Gasteiger partial charge on any atom is 0.151 e. The highest BCUT2D eigenvalue weighted by molar-refractivity contribution is 5.68. The van der Waals surface area contributed by atoms with Gasteiger partial charge in [0.1, 0.15) is 0 Å². The first-order valence-corrected chi connectivity index (χ1v) is 6.48. The maximum absolute atomic E-state index is 6.00. The molecule has 19 heavy (non-hydrogen) atoms. The molecule has 0 saturated heterocycles. The molecule has 0 fully saturated rings. The van der Waals surface area contributed by atoms with Crippen LogP contribution in [0.15, 0.2) is 36.5 Å². The molecule has 1 aliphatic rings. The zero-order chi connectivity index (χ0) is 13.5. The molecule has 1 aliphatic heterocycles. The number of nitrogen functional groups attached to an aromatic ring is 1. The van der Waals surface area contributed by atoms with Crippen LogP contribution in [0.4, 0.5) is 11.5 Å². The van der Waals surface area contributed by atoms with Crippen molar-refractivity contribution < 1.29 is 0 Å². The Kier molecular flexibility index (Phi) is 2.66. The summed E-state index contributed by atoms with van der Waals surface area (Å²) in [6.07, 6.45) is 1.82. The molecule has 4 heteroatoms. The summed E-state index contributed by atoms with van der Waals surface area (Å²) < 4.78 is 0. The van der Waals surface area contributed by atoms with Crippen molar-refractivity contribution in [2.75, 3.05) is 17.2 Å². The number of hydrogen-bond donors (Lipinski definition) is 1. The molecule has 0 saturated carbocycles. The predicted octanol–water partition coefficient (Wildman–Crippen LogP) is 2.36. The summed E-state index contributed by atoms with van der Waals surface area (Å²) in [5.41, 5.74) is 9.55. The Labute approximate surface area is 113 Å². The van der Waals surface area contributed by atoms with Crippen LogP contribution in [0.2, 0.25) is 0 Å². The highest BCUT2D eigenvalue weighted by atomic mass is 15.2. The van der Waals surface area contributed by atoms with Gasteiger partial charge in [-0.1, -0.05) is 44.2 Å². The summed E-state index contributed by atoms with van der Waals surface area (Å²) in [5, 5.41) is 7.99. The van der Waals surface area contributed by atoms with E-state index < -0.39 is 0 Å². The zero-order valence-corrected chi connectivity index (χ0v) is 11.3. The summed E-state index contributed by atoms with van der Waals surface area (Å²) in [5.74, 6) is 0.554. The van der Waals surface area contributed by atoms with E-state index in [1.807, 2.05) is 12.3 Å². The predicted molar refractivity (Wildman–Crippen MR) is 77.0 cm³/mol. The molecule has 2 heterocycles. The van der Waals surface area contributed by atoms with Crippen molar-refractivity contribution in [3.05, 3.63) is 47.7 Å². The number of aromatic nitrogens is 2. The van der Waals surface area contributed by atoms with Crippen molar-refractivity contribution >= 4 is 11.5 Å². The van der Waals surface area contributed by atoms with Crippen LogP contribution >= 0.6 is 0 Å². The lowest BCUT2D eigenvalue weighted by Gasteiger charge is -2.22. The molecule has 0 bridgehead atoms. The second-order valence-corrected chi connectivity index (χ2v) is 5.72. The summed E-state index contributed by atoms with van der Waals surface area (Å²) in [6.45, 7) is 6.22. The van der Waals surface area contributed by atoms with Gasteiger partial charge in [-0.25, -0.2) is 0 Å². The molecule has 3 rings (SSSR count). The van der Waals surface area contributed by atoms with Crippen molar-refractivity contribution in [2.45, 2.75) is 25.8 Å². The molecule has 1 aromatic carbocycles. The maximum atomic E-state index is 6.00. The normalized spacial score (nSPS) is 16.4. The molecule has 0 atom stereocenters. The van der Waals surface area contributed by atoms with Crippen molar-refractivity contribution in [3.8, 4) is 0 Å². The number of fused-ring (bicyclic) bond motifs is 1. The third-order valence-electron chi connectivity index (χ3n) is 3.68. The lowest BCUT2D eigenvalue weighted by molar-refractivity contribution is 0.550. The molecule has 0 unspecified atom stereocenters. The van der Waals surface area contributed by atoms with E-state index in [4.69, 9.17) is 5.73 Å². The van der Waals surface area contributed by atoms with E-state index in [-0.39, 0.29) is 5.41 Å². The van der Waals surface area contributed by atoms with Crippen LogP contribution in [0.5, 0.6) is 0 Å². The second-order valence-electron chi connectivity index (χ2n) is 5.72. The van der Waals surface area contributed by atoms with Gasteiger partial charge in [-0.3, -0.25) is 0 Å². The Balaban J connectivity index is 1.97. The number of anilines is 2. The Hall–Kier alpha value is -2.10. The Bertz CT molecular complexity index is 592. The van der Waals surface area contributed by atoms with Crippen LogP contribution in [0, 0.1) is 0 Å². The fraction of sp³-hybridized carbons (Fsp3) is 0.333. The van der Waals surface area contributed by atoms with Crippen molar-refractivity contribution in [1.82, 2.24) is 10.2 Å². The Morgan fingerprint density at radius 2 is 2.00 bits per heavy atom. The van der Waals surface area contributed by atoms with E-state index in [0.717, 1.165) is 24.3 Å². The fourth-order valence-electron chi connectivity index (χ4n) is 2.91. The first-order valence-electron chi connectivity index (χ1n) is 6.48. The topological polar surface area (TPSA) is 55.0 Å². The average Bonchev–Trinajstić information content (AvgIpc) is 2.63. The third-order valence-corrected chi connectivity index (χ3v) is 3.68. The van der Waals surface area contributed by atoms with E-state index in [2.05, 4.69) is 53.2 Å². The monoisotopic (exact) mass is 254 g/mol. The van der Waals surface area contributed by atoms with Gasteiger partial charge in [0.25, 0.3) is 0 Å². The first-order chi connectivity index (χ1) is 9.08. The van der Waals surface area contributed by atoms with Gasteiger partial charge in [-0.15, -0.1) is 5.10 Å². The van der Waals surface area contributed by atoms with Crippen molar-refractivity contribution in [2.24, 2.45) is 0 Å². The summed E-state index contributed by atoms with van der Waals surface area (Å²) in [7, 11) is 0. The van der Waals surface area contributed by atoms with Gasteiger partial charge in [0.05, 0.1) is 11.9 Å². The number of nitrogens with two attached hydrogens (primary N) is 1. The molecule has 98 valence electrons. The van der Waals surface area contributed by atoms with Crippen LogP contribution in [0.25, 0.3) is 0 Å². The Morgan fingerprint density at radius 3 is 2.74 bits per heavy atom. The van der Waals surface area contributed by atoms with Crippen LogP contribution in [-0.4, -0.2) is 16.7 Å². The van der Waals surface area contributed by atoms with Gasteiger partial charge in [-0.2, -0.15) is 5.10 Å². The van der Waals surface area contributed by atoms with Crippen LogP contribution in [-0.2, 0) is 12.0 Å². The highest BCUT2D eigenvalue weighted by Crippen LogP contribution is 2.42. The molecule has 2 aromatic rings. The average molecular weight is 254 g/mol. The molecular weight excluding hydrogens is 236 g/mol. The molecule has 2 N–H and O–H groups in total. The lowest BCUT2D eigenvalue weighted by atomic mass is 9.87. The largest absolute Gasteiger partial charge is 0.382 e. The molecule has 0 aliphatic carbocycles. The summed E-state index contributed by atoms with van der Waals surface area (Å²) in [4.78, 5) is 2.33. The van der Waals surface area contributed by atoms with Gasteiger partial charge < -0.3 is 10.6 Å². The first kappa shape index (κ1) is 12.0. The lowest BCUT2D eigenvalue weighted by Crippen LogP contribution is -2.28. The number of nitrogens with zero attached hydrogens (tertiary/aromatic N) is 3. The van der Waals surface area contributed by atoms with E-state index in [1.165, 1.54) is 5.56 Å². The van der Waals surface area contributed by atoms with E-state index in [0.29, 0.717) is 5.82 Å². The van der Waals surface area contributed by atoms with Gasteiger partial charge in [-0.05, 0) is 5.56 Å². The van der Waals surface area contributed by atoms with Crippen LogP contribution < -0.4 is 10.6 Å². The second kappa shape index (κ2) is 4.23. The fourth-order valence-corrected chi connectivity index (χ4v) is 2.91. The van der Waals surface area contributed by atoms with Crippen molar-refractivity contribution in [1.29, 1.82) is 0 Å². The minimum atomic E-state index is 0.0180. The van der Waals surface area contributed by atoms with Gasteiger partial charge in [0.2, 0.25) is 0 Å². The van der Waals surface area contributed by atoms with E-state index in [1.54, 1.807) is 0 Å². The minimum absolute atomic E-state index is 0.0180. The van der Waals surface area contributed by atoms with Crippen molar-refractivity contribution in [3.63, 3.8) is 0 Å². The zero-order valence-electron chi connectivity index (χ0n) is 11.3. The smallest absolute Gasteiger partial charge is 0.151 e. The highest BCUT2D eigenvalue weighted by Gasteiger charge is 2.37. The van der Waals surface area contributed by atoms with Crippen LogP contribution in [0.1, 0.15) is 25.0 Å². The number of benzene rings is 1. The van der Waals surface area contributed by atoms with Crippen LogP contribution in [0.3, 0.4) is 0 Å². The van der Waals surface area contributed by atoms with Gasteiger partial charge >= 0.3 is 0 Å². The minimum Gasteiger partial charge on any atom is -0.382 e. The van der Waals surface area contributed by atoms with Gasteiger partial charge in [0.15, 0.2) is 5.82 Å². The number of hydrogen-bond acceptors (Lipinski definition) is 4. The SMILES string of the molecule is CC1(C)CN(Cc2ccccc2)c2cnnc(N)c21. The quantitative estimate of drug-likeness (QED) is 0.894. The van der Waals surface area contributed by atoms with Gasteiger partial charge in [0, 0.05) is 24.1 Å². The molecule has 0 radical (unpaired) electrons. The summed E-state index contributed by atoms with van der Waals surface area (Å²) in [6, 6.07) is 10.5.